The molecular formula is C24H31N3O7. The Hall–Kier alpha value is -3.14. The van der Waals surface area contributed by atoms with Crippen molar-refractivity contribution >= 4 is 29.5 Å². The molecule has 0 atom stereocenters. The van der Waals surface area contributed by atoms with Gasteiger partial charge in [-0.3, -0.25) is 24.6 Å². The summed E-state index contributed by atoms with van der Waals surface area (Å²) in [4.78, 5) is 51.3. The normalized spacial score (nSPS) is 24.0. The van der Waals surface area contributed by atoms with E-state index in [1.165, 1.54) is 12.0 Å². The second-order valence-corrected chi connectivity index (χ2v) is 9.08. The molecule has 184 valence electrons. The number of carbonyl (C=O) groups is 4. The quantitative estimate of drug-likeness (QED) is 0.650. The molecule has 2 saturated heterocycles. The maximum absolute atomic E-state index is 13.2. The fraction of sp³-hybridized carbons (Fsp3) is 0.583. The predicted octanol–water partition coefficient (Wildman–Crippen LogP) is 2.41. The van der Waals surface area contributed by atoms with Crippen molar-refractivity contribution < 1.29 is 33.8 Å². The Kier molecular flexibility index (Phi) is 7.35. The Morgan fingerprint density at radius 3 is 2.29 bits per heavy atom. The van der Waals surface area contributed by atoms with Gasteiger partial charge in [-0.1, -0.05) is 0 Å². The summed E-state index contributed by atoms with van der Waals surface area (Å²) < 4.78 is 11.6. The third-order valence-electron chi connectivity index (χ3n) is 6.91. The summed E-state index contributed by atoms with van der Waals surface area (Å²) in [5.41, 5.74) is 0.903. The molecule has 0 spiro atoms. The van der Waals surface area contributed by atoms with Gasteiger partial charge in [0.15, 0.2) is 0 Å². The number of piperidine rings is 1. The second-order valence-electron chi connectivity index (χ2n) is 9.08. The van der Waals surface area contributed by atoms with E-state index in [-0.39, 0.29) is 42.9 Å². The van der Waals surface area contributed by atoms with Crippen LogP contribution in [-0.4, -0.2) is 72.8 Å². The summed E-state index contributed by atoms with van der Waals surface area (Å²) in [6, 6.07) is 4.45. The van der Waals surface area contributed by atoms with E-state index in [1.54, 1.807) is 23.1 Å². The molecule has 0 radical (unpaired) electrons. The van der Waals surface area contributed by atoms with Crippen LogP contribution in [0.2, 0.25) is 0 Å². The van der Waals surface area contributed by atoms with Gasteiger partial charge >= 0.3 is 12.0 Å². The number of ether oxygens (including phenoxy) is 2. The number of amides is 4. The van der Waals surface area contributed by atoms with Crippen molar-refractivity contribution in [3.63, 3.8) is 0 Å². The lowest BCUT2D eigenvalue weighted by molar-refractivity contribution is -0.144. The van der Waals surface area contributed by atoms with Crippen LogP contribution in [-0.2, 0) is 14.3 Å². The van der Waals surface area contributed by atoms with Gasteiger partial charge in [0, 0.05) is 31.6 Å². The van der Waals surface area contributed by atoms with Gasteiger partial charge in [-0.05, 0) is 56.7 Å². The van der Waals surface area contributed by atoms with Crippen LogP contribution in [0.4, 0.5) is 10.5 Å². The number of aliphatic carboxylic acids is 1. The molecule has 0 unspecified atom stereocenters. The summed E-state index contributed by atoms with van der Waals surface area (Å²) in [6.07, 6.45) is 4.63. The molecular weight excluding hydrogens is 442 g/mol. The number of nitrogens with one attached hydrogen (secondary N) is 1. The molecule has 34 heavy (non-hydrogen) atoms. The van der Waals surface area contributed by atoms with E-state index in [2.05, 4.69) is 5.32 Å². The zero-order valence-corrected chi connectivity index (χ0v) is 19.3. The first-order valence-corrected chi connectivity index (χ1v) is 11.8. The van der Waals surface area contributed by atoms with Crippen molar-refractivity contribution in [1.82, 2.24) is 10.2 Å². The van der Waals surface area contributed by atoms with Gasteiger partial charge in [0.05, 0.1) is 30.9 Å². The van der Waals surface area contributed by atoms with Crippen LogP contribution < -0.4 is 15.0 Å². The highest BCUT2D eigenvalue weighted by Gasteiger charge is 2.31. The Balaban J connectivity index is 1.34. The molecule has 4 amide bonds. The standard InChI is InChI=1S/C24H31N3O7/c1-33-20-7-4-16(14-19(20)27-13-10-21(28)25-24(27)32)22(29)26-11-8-18(9-12-26)34-17-5-2-15(3-6-17)23(30)31/h4,7,14-15,17-18H,2-3,5-6,8-13H2,1H3,(H,30,31)(H,25,28,32). The maximum Gasteiger partial charge on any atom is 0.328 e. The van der Waals surface area contributed by atoms with E-state index in [0.29, 0.717) is 42.9 Å². The highest BCUT2D eigenvalue weighted by Crippen LogP contribution is 2.32. The highest BCUT2D eigenvalue weighted by atomic mass is 16.5. The first-order chi connectivity index (χ1) is 16.4. The molecule has 4 rings (SSSR count). The monoisotopic (exact) mass is 473 g/mol. The molecule has 0 bridgehead atoms. The highest BCUT2D eigenvalue weighted by molar-refractivity contribution is 6.07. The number of imide groups is 1. The molecule has 10 heteroatoms. The van der Waals surface area contributed by atoms with E-state index in [1.807, 2.05) is 0 Å². The number of rotatable bonds is 6. The fourth-order valence-electron chi connectivity index (χ4n) is 4.92. The van der Waals surface area contributed by atoms with E-state index in [4.69, 9.17) is 14.6 Å². The number of methoxy groups -OCH3 is 1. The van der Waals surface area contributed by atoms with Crippen LogP contribution in [0, 0.1) is 5.92 Å². The minimum atomic E-state index is -0.721. The minimum Gasteiger partial charge on any atom is -0.495 e. The van der Waals surface area contributed by atoms with Crippen LogP contribution in [0.3, 0.4) is 0 Å². The molecule has 1 aliphatic carbocycles. The van der Waals surface area contributed by atoms with Gasteiger partial charge in [-0.25, -0.2) is 4.79 Å². The number of urea groups is 1. The summed E-state index contributed by atoms with van der Waals surface area (Å²) in [7, 11) is 1.49. The van der Waals surface area contributed by atoms with Crippen molar-refractivity contribution in [1.29, 1.82) is 0 Å². The Bertz CT molecular complexity index is 950. The van der Waals surface area contributed by atoms with Crippen LogP contribution in [0.25, 0.3) is 0 Å². The lowest BCUT2D eigenvalue weighted by Crippen LogP contribution is -2.49. The smallest absolute Gasteiger partial charge is 0.328 e. The SMILES string of the molecule is COc1ccc(C(=O)N2CCC(OC3CCC(C(=O)O)CC3)CC2)cc1N1CCC(=O)NC1=O. The predicted molar refractivity (Wildman–Crippen MR) is 122 cm³/mol. The Morgan fingerprint density at radius 2 is 1.68 bits per heavy atom. The first kappa shape index (κ1) is 24.0. The zero-order valence-electron chi connectivity index (χ0n) is 19.3. The second kappa shape index (κ2) is 10.4. The molecule has 1 aromatic carbocycles. The fourth-order valence-corrected chi connectivity index (χ4v) is 4.92. The molecule has 2 heterocycles. The molecule has 1 saturated carbocycles. The molecule has 3 fully saturated rings. The summed E-state index contributed by atoms with van der Waals surface area (Å²) in [5, 5.41) is 11.4. The molecule has 2 N–H and O–H groups in total. The van der Waals surface area contributed by atoms with E-state index in [0.717, 1.165) is 25.7 Å². The average molecular weight is 474 g/mol. The van der Waals surface area contributed by atoms with Crippen molar-refractivity contribution in [2.75, 3.05) is 31.6 Å². The lowest BCUT2D eigenvalue weighted by Gasteiger charge is -2.36. The number of likely N-dealkylation sites (tertiary alicyclic amines) is 1. The van der Waals surface area contributed by atoms with Crippen molar-refractivity contribution in [3.05, 3.63) is 23.8 Å². The summed E-state index contributed by atoms with van der Waals surface area (Å²) in [6.45, 7) is 1.35. The number of hydrogen-bond acceptors (Lipinski definition) is 6. The number of benzene rings is 1. The summed E-state index contributed by atoms with van der Waals surface area (Å²) in [5.74, 6) is -0.984. The maximum atomic E-state index is 13.2. The van der Waals surface area contributed by atoms with Crippen molar-refractivity contribution in [2.24, 2.45) is 5.92 Å². The van der Waals surface area contributed by atoms with Crippen LogP contribution in [0.5, 0.6) is 5.75 Å². The summed E-state index contributed by atoms with van der Waals surface area (Å²) >= 11 is 0. The van der Waals surface area contributed by atoms with E-state index < -0.39 is 12.0 Å². The van der Waals surface area contributed by atoms with Crippen LogP contribution in [0.15, 0.2) is 18.2 Å². The first-order valence-electron chi connectivity index (χ1n) is 11.8. The van der Waals surface area contributed by atoms with Crippen LogP contribution >= 0.6 is 0 Å². The number of hydrogen-bond donors (Lipinski definition) is 2. The van der Waals surface area contributed by atoms with Crippen LogP contribution in [0.1, 0.15) is 55.3 Å². The Labute approximate surface area is 198 Å². The molecule has 2 aliphatic heterocycles. The van der Waals surface area contributed by atoms with Gasteiger partial charge in [0.25, 0.3) is 5.91 Å². The average Bonchev–Trinajstić information content (AvgIpc) is 2.84. The van der Waals surface area contributed by atoms with Crippen molar-refractivity contribution in [2.45, 2.75) is 57.2 Å². The molecule has 3 aliphatic rings. The largest absolute Gasteiger partial charge is 0.495 e. The third kappa shape index (κ3) is 5.32. The molecule has 10 nitrogen and oxygen atoms in total. The Morgan fingerprint density at radius 1 is 1.00 bits per heavy atom. The van der Waals surface area contributed by atoms with Gasteiger partial charge in [0.1, 0.15) is 5.75 Å². The lowest BCUT2D eigenvalue weighted by atomic mass is 9.87. The molecule has 1 aromatic rings. The third-order valence-corrected chi connectivity index (χ3v) is 6.91. The van der Waals surface area contributed by atoms with Gasteiger partial charge in [-0.15, -0.1) is 0 Å². The van der Waals surface area contributed by atoms with Gasteiger partial charge in [0.2, 0.25) is 5.91 Å². The number of anilines is 1. The van der Waals surface area contributed by atoms with E-state index in [9.17, 15) is 19.2 Å². The number of carbonyl (C=O) groups excluding carboxylic acids is 3. The zero-order chi connectivity index (χ0) is 24.2. The number of nitrogens with zero attached hydrogens (tertiary/aromatic N) is 2. The number of carboxylic acid groups (broad SMARTS) is 1. The van der Waals surface area contributed by atoms with Crippen molar-refractivity contribution in [3.8, 4) is 5.75 Å². The molecule has 0 aromatic heterocycles. The van der Waals surface area contributed by atoms with E-state index >= 15 is 0 Å². The minimum absolute atomic E-state index is 0.0661. The van der Waals surface area contributed by atoms with Gasteiger partial charge < -0.3 is 19.5 Å². The topological polar surface area (TPSA) is 125 Å². The van der Waals surface area contributed by atoms with Gasteiger partial charge in [-0.2, -0.15) is 0 Å². The number of carboxylic acids is 1.